The minimum absolute atomic E-state index is 0.462. The molecule has 2 nitrogen and oxygen atoms in total. The first-order chi connectivity index (χ1) is 7.79. The largest absolute Gasteiger partial charge is 0.430 e. The van der Waals surface area contributed by atoms with E-state index in [9.17, 15) is 0 Å². The second kappa shape index (κ2) is 5.14. The van der Waals surface area contributed by atoms with Crippen LogP contribution in [0, 0.1) is 0 Å². The average Bonchev–Trinajstić information content (AvgIpc) is 2.67. The quantitative estimate of drug-likeness (QED) is 0.794. The Hall–Kier alpha value is -1.32. The molecule has 4 heteroatoms. The van der Waals surface area contributed by atoms with Crippen molar-refractivity contribution < 1.29 is 4.74 Å². The number of aromatic nitrogens is 1. The van der Waals surface area contributed by atoms with Crippen LogP contribution in [0.2, 0.25) is 5.15 Å². The predicted octanol–water partition coefficient (Wildman–Crippen LogP) is 4.62. The number of para-hydroxylation sites is 1. The van der Waals surface area contributed by atoms with Gasteiger partial charge in [0.05, 0.1) is 0 Å². The summed E-state index contributed by atoms with van der Waals surface area (Å²) >= 11 is 7.11. The van der Waals surface area contributed by atoms with Crippen molar-refractivity contribution in [2.24, 2.45) is 0 Å². The van der Waals surface area contributed by atoms with Gasteiger partial charge < -0.3 is 4.74 Å². The maximum atomic E-state index is 5.73. The molecule has 0 atom stereocenters. The number of nitrogens with zero attached hydrogens (tertiary/aromatic N) is 1. The van der Waals surface area contributed by atoms with Crippen LogP contribution in [0.1, 0.15) is 12.5 Å². The molecule has 0 aliphatic carbocycles. The maximum absolute atomic E-state index is 5.73. The summed E-state index contributed by atoms with van der Waals surface area (Å²) in [5.74, 6) is 0.784. The van der Waals surface area contributed by atoms with Gasteiger partial charge in [0.2, 0.25) is 0 Å². The maximum Gasteiger partial charge on any atom is 0.280 e. The van der Waals surface area contributed by atoms with Gasteiger partial charge in [-0.15, -0.1) is 0 Å². The molecule has 82 valence electrons. The Morgan fingerprint density at radius 1 is 1.38 bits per heavy atom. The monoisotopic (exact) mass is 251 g/mol. The summed E-state index contributed by atoms with van der Waals surface area (Å²) < 4.78 is 5.65. The van der Waals surface area contributed by atoms with Crippen LogP contribution in [0.4, 0.5) is 0 Å². The van der Waals surface area contributed by atoms with Crippen molar-refractivity contribution in [2.45, 2.75) is 6.92 Å². The molecule has 0 bridgehead atoms. The van der Waals surface area contributed by atoms with Crippen molar-refractivity contribution in [3.8, 4) is 10.9 Å². The minimum Gasteiger partial charge on any atom is -0.430 e. The second-order valence-corrected chi connectivity index (χ2v) is 4.28. The Kier molecular flexibility index (Phi) is 3.59. The number of hydrogen-bond acceptors (Lipinski definition) is 3. The van der Waals surface area contributed by atoms with Crippen LogP contribution >= 0.6 is 22.9 Å². The van der Waals surface area contributed by atoms with E-state index in [0.29, 0.717) is 10.3 Å². The van der Waals surface area contributed by atoms with Crippen LogP contribution in [0.3, 0.4) is 0 Å². The van der Waals surface area contributed by atoms with Crippen LogP contribution in [0.5, 0.6) is 10.9 Å². The molecule has 2 rings (SSSR count). The highest BCUT2D eigenvalue weighted by atomic mass is 35.5. The Morgan fingerprint density at radius 3 is 2.88 bits per heavy atom. The summed E-state index contributed by atoms with van der Waals surface area (Å²) in [4.78, 5) is 4.04. The zero-order valence-corrected chi connectivity index (χ0v) is 10.3. The first kappa shape index (κ1) is 11.2. The third kappa shape index (κ3) is 2.62. The van der Waals surface area contributed by atoms with E-state index in [-0.39, 0.29) is 0 Å². The molecular weight excluding hydrogens is 242 g/mol. The van der Waals surface area contributed by atoms with Gasteiger partial charge in [-0.05, 0) is 13.0 Å². The number of halogens is 1. The highest BCUT2D eigenvalue weighted by Gasteiger charge is 2.05. The minimum atomic E-state index is 0.462. The lowest BCUT2D eigenvalue weighted by molar-refractivity contribution is 0.478. The molecule has 0 N–H and O–H groups in total. The summed E-state index contributed by atoms with van der Waals surface area (Å²) in [6, 6.07) is 7.80. The Labute approximate surface area is 103 Å². The van der Waals surface area contributed by atoms with Crippen molar-refractivity contribution in [2.75, 3.05) is 0 Å². The summed E-state index contributed by atoms with van der Waals surface area (Å²) in [5, 5.41) is 2.76. The van der Waals surface area contributed by atoms with Crippen LogP contribution in [-0.4, -0.2) is 4.98 Å². The zero-order chi connectivity index (χ0) is 11.4. The van der Waals surface area contributed by atoms with Gasteiger partial charge in [0, 0.05) is 10.9 Å². The van der Waals surface area contributed by atoms with E-state index >= 15 is 0 Å². The fraction of sp³-hybridized carbons (Fsp3) is 0.0833. The molecule has 16 heavy (non-hydrogen) atoms. The van der Waals surface area contributed by atoms with E-state index in [1.54, 1.807) is 5.38 Å². The number of benzene rings is 1. The second-order valence-electron chi connectivity index (χ2n) is 3.08. The Bertz CT molecular complexity index is 507. The molecule has 0 saturated carbocycles. The van der Waals surface area contributed by atoms with Crippen molar-refractivity contribution >= 4 is 29.0 Å². The molecule has 0 unspecified atom stereocenters. The number of ether oxygens (including phenoxy) is 1. The normalized spacial score (nSPS) is 10.9. The van der Waals surface area contributed by atoms with E-state index in [0.717, 1.165) is 11.3 Å². The lowest BCUT2D eigenvalue weighted by atomic mass is 10.2. The summed E-state index contributed by atoms with van der Waals surface area (Å²) in [7, 11) is 0. The molecule has 0 spiro atoms. The molecule has 0 saturated heterocycles. The third-order valence-corrected chi connectivity index (χ3v) is 2.96. The molecule has 1 heterocycles. The number of hydrogen-bond donors (Lipinski definition) is 0. The van der Waals surface area contributed by atoms with Gasteiger partial charge in [0.25, 0.3) is 5.19 Å². The number of thiazole rings is 1. The molecule has 1 aromatic carbocycles. The first-order valence-electron chi connectivity index (χ1n) is 4.80. The van der Waals surface area contributed by atoms with Gasteiger partial charge in [0.1, 0.15) is 10.9 Å². The number of allylic oxidation sites excluding steroid dienone is 1. The zero-order valence-electron chi connectivity index (χ0n) is 8.68. The van der Waals surface area contributed by atoms with Gasteiger partial charge in [-0.3, -0.25) is 0 Å². The highest BCUT2D eigenvalue weighted by Crippen LogP contribution is 2.29. The van der Waals surface area contributed by atoms with Gasteiger partial charge in [-0.2, -0.15) is 4.98 Å². The van der Waals surface area contributed by atoms with Crippen molar-refractivity contribution in [3.63, 3.8) is 0 Å². The van der Waals surface area contributed by atoms with Crippen LogP contribution < -0.4 is 4.74 Å². The lowest BCUT2D eigenvalue weighted by Gasteiger charge is -2.04. The van der Waals surface area contributed by atoms with Gasteiger partial charge in [-0.25, -0.2) is 0 Å². The standard InChI is InChI=1S/C12H10ClNOS/c1-2-5-9-6-3-4-7-10(9)15-12-14-11(13)8-16-12/h2-8H,1H3/b5-2+. The van der Waals surface area contributed by atoms with Gasteiger partial charge >= 0.3 is 0 Å². The fourth-order valence-corrected chi connectivity index (χ4v) is 2.07. The molecule has 2 aromatic rings. The summed E-state index contributed by atoms with van der Waals surface area (Å²) in [6.45, 7) is 1.97. The molecule has 0 radical (unpaired) electrons. The van der Waals surface area contributed by atoms with Crippen molar-refractivity contribution in [1.82, 2.24) is 4.98 Å². The highest BCUT2D eigenvalue weighted by molar-refractivity contribution is 7.11. The van der Waals surface area contributed by atoms with E-state index in [1.807, 2.05) is 43.3 Å². The molecule has 1 aromatic heterocycles. The summed E-state index contributed by atoms with van der Waals surface area (Å²) in [6.07, 6.45) is 3.96. The molecule has 0 fully saturated rings. The third-order valence-electron chi connectivity index (χ3n) is 1.92. The van der Waals surface area contributed by atoms with E-state index < -0.39 is 0 Å². The topological polar surface area (TPSA) is 22.1 Å². The Balaban J connectivity index is 2.27. The smallest absolute Gasteiger partial charge is 0.280 e. The van der Waals surface area contributed by atoms with E-state index in [1.165, 1.54) is 11.3 Å². The average molecular weight is 252 g/mol. The Morgan fingerprint density at radius 2 is 2.19 bits per heavy atom. The first-order valence-corrected chi connectivity index (χ1v) is 6.06. The SMILES string of the molecule is C/C=C/c1ccccc1Oc1nc(Cl)cs1. The van der Waals surface area contributed by atoms with Gasteiger partial charge in [-0.1, -0.05) is 53.3 Å². The molecule has 0 aliphatic heterocycles. The van der Waals surface area contributed by atoms with Crippen LogP contribution in [0.15, 0.2) is 35.7 Å². The van der Waals surface area contributed by atoms with Crippen LogP contribution in [-0.2, 0) is 0 Å². The summed E-state index contributed by atoms with van der Waals surface area (Å²) in [5.41, 5.74) is 1.02. The molecule has 0 amide bonds. The van der Waals surface area contributed by atoms with Gasteiger partial charge in [0.15, 0.2) is 0 Å². The fourth-order valence-electron chi connectivity index (χ4n) is 1.27. The van der Waals surface area contributed by atoms with E-state index in [2.05, 4.69) is 4.98 Å². The van der Waals surface area contributed by atoms with Crippen LogP contribution in [0.25, 0.3) is 6.08 Å². The molecular formula is C12H10ClNOS. The van der Waals surface area contributed by atoms with Crippen molar-refractivity contribution in [1.29, 1.82) is 0 Å². The molecule has 0 aliphatic rings. The predicted molar refractivity (Wildman–Crippen MR) is 68.3 cm³/mol. The van der Waals surface area contributed by atoms with E-state index in [4.69, 9.17) is 16.3 Å². The number of rotatable bonds is 3. The lowest BCUT2D eigenvalue weighted by Crippen LogP contribution is -1.86. The van der Waals surface area contributed by atoms with Crippen molar-refractivity contribution in [3.05, 3.63) is 46.4 Å².